The first-order valence-electron chi connectivity index (χ1n) is 14.1. The maximum Gasteiger partial charge on any atom is 0.311 e. The van der Waals surface area contributed by atoms with Crippen molar-refractivity contribution in [3.63, 3.8) is 0 Å². The maximum atomic E-state index is 12.7. The van der Waals surface area contributed by atoms with E-state index in [1.165, 1.54) is 13.8 Å². The van der Waals surface area contributed by atoms with Gasteiger partial charge in [0, 0.05) is 58.4 Å². The predicted octanol–water partition coefficient (Wildman–Crippen LogP) is 3.27. The van der Waals surface area contributed by atoms with E-state index >= 15 is 0 Å². The highest BCUT2D eigenvalue weighted by molar-refractivity contribution is 5.84. The quantitative estimate of drug-likeness (QED) is 0.354. The number of aryl methyl sites for hydroxylation is 1. The first kappa shape index (κ1) is 30.7. The largest absolute Gasteiger partial charge is 0.493 e. The number of piperazine rings is 1. The molecule has 1 heterocycles. The minimum atomic E-state index is -0.446. The Labute approximate surface area is 246 Å². The second kappa shape index (κ2) is 13.6. The molecule has 1 saturated heterocycles. The van der Waals surface area contributed by atoms with Crippen molar-refractivity contribution in [2.24, 2.45) is 0 Å². The molecule has 1 aliphatic heterocycles. The fraction of sp³-hybridized carbons (Fsp3) is 0.484. The second-order valence-electron chi connectivity index (χ2n) is 10.4. The van der Waals surface area contributed by atoms with Crippen LogP contribution in [0.5, 0.6) is 23.0 Å². The molecule has 226 valence electrons. The first-order chi connectivity index (χ1) is 20.2. The molecule has 4 rings (SSSR count). The summed E-state index contributed by atoms with van der Waals surface area (Å²) in [5, 5.41) is 3.03. The zero-order valence-corrected chi connectivity index (χ0v) is 24.9. The van der Waals surface area contributed by atoms with Gasteiger partial charge in [0.1, 0.15) is 5.75 Å². The number of amides is 3. The van der Waals surface area contributed by atoms with Crippen molar-refractivity contribution in [3.8, 4) is 34.1 Å². The van der Waals surface area contributed by atoms with Gasteiger partial charge in [-0.1, -0.05) is 6.07 Å². The lowest BCUT2D eigenvalue weighted by molar-refractivity contribution is -0.139. The summed E-state index contributed by atoms with van der Waals surface area (Å²) < 4.78 is 22.6. The van der Waals surface area contributed by atoms with Gasteiger partial charge in [0.05, 0.1) is 27.4 Å². The summed E-state index contributed by atoms with van der Waals surface area (Å²) >= 11 is 0. The van der Waals surface area contributed by atoms with E-state index in [0.29, 0.717) is 68.4 Å². The van der Waals surface area contributed by atoms with Gasteiger partial charge in [0.15, 0.2) is 11.5 Å². The van der Waals surface area contributed by atoms with E-state index in [9.17, 15) is 19.2 Å². The van der Waals surface area contributed by atoms with Crippen LogP contribution in [0.2, 0.25) is 0 Å². The molecule has 11 heteroatoms. The Morgan fingerprint density at radius 3 is 2.19 bits per heavy atom. The average molecular weight is 582 g/mol. The standard InChI is InChI=1S/C31H39N3O8/c1-19(35)32-25-12-9-21-17-26(39-3)30(40-4)31(41-5)29(21)23-11-10-22(18-24(23)25)42-28(38)8-6-7-27(37)34-15-13-33(14-16-34)20(2)36/h10-11,17-18,25H,6-9,12-16H2,1-5H3,(H,32,35)/t25-/m0/s1. The van der Waals surface area contributed by atoms with Crippen molar-refractivity contribution in [3.05, 3.63) is 35.4 Å². The number of carbonyl (C=O) groups is 4. The zero-order chi connectivity index (χ0) is 30.4. The summed E-state index contributed by atoms with van der Waals surface area (Å²) in [7, 11) is 4.69. The summed E-state index contributed by atoms with van der Waals surface area (Å²) in [5.41, 5.74) is 3.43. The van der Waals surface area contributed by atoms with Crippen LogP contribution >= 0.6 is 0 Å². The van der Waals surface area contributed by atoms with Crippen LogP contribution < -0.4 is 24.3 Å². The van der Waals surface area contributed by atoms with Gasteiger partial charge in [0.2, 0.25) is 23.5 Å². The Bertz CT molecular complexity index is 1350. The van der Waals surface area contributed by atoms with Crippen molar-refractivity contribution in [1.82, 2.24) is 15.1 Å². The predicted molar refractivity (Wildman–Crippen MR) is 155 cm³/mol. The summed E-state index contributed by atoms with van der Waals surface area (Å²) in [6.07, 6.45) is 1.91. The van der Waals surface area contributed by atoms with Gasteiger partial charge >= 0.3 is 5.97 Å². The van der Waals surface area contributed by atoms with Crippen LogP contribution in [0.15, 0.2) is 24.3 Å². The number of carbonyl (C=O) groups excluding carboxylic acids is 4. The Morgan fingerprint density at radius 1 is 0.881 bits per heavy atom. The van der Waals surface area contributed by atoms with Crippen LogP contribution in [0.3, 0.4) is 0 Å². The lowest BCUT2D eigenvalue weighted by atomic mass is 9.93. The van der Waals surface area contributed by atoms with Gasteiger partial charge in [0.25, 0.3) is 0 Å². The fourth-order valence-corrected chi connectivity index (χ4v) is 5.67. The average Bonchev–Trinajstić information content (AvgIpc) is 3.12. The molecule has 0 spiro atoms. The molecule has 1 fully saturated rings. The molecule has 2 aromatic carbocycles. The minimum absolute atomic E-state index is 0.00865. The highest BCUT2D eigenvalue weighted by atomic mass is 16.5. The lowest BCUT2D eigenvalue weighted by Crippen LogP contribution is -2.50. The highest BCUT2D eigenvalue weighted by Gasteiger charge is 2.30. The number of ether oxygens (including phenoxy) is 4. The van der Waals surface area contributed by atoms with Gasteiger partial charge in [-0.05, 0) is 54.2 Å². The molecule has 11 nitrogen and oxygen atoms in total. The number of benzene rings is 2. The third-order valence-corrected chi connectivity index (χ3v) is 7.74. The van der Waals surface area contributed by atoms with E-state index in [2.05, 4.69) is 5.32 Å². The van der Waals surface area contributed by atoms with E-state index in [-0.39, 0.29) is 36.6 Å². The Morgan fingerprint density at radius 2 is 1.57 bits per heavy atom. The molecule has 42 heavy (non-hydrogen) atoms. The molecule has 2 aliphatic rings. The summed E-state index contributed by atoms with van der Waals surface area (Å²) in [6, 6.07) is 6.95. The number of hydrogen-bond donors (Lipinski definition) is 1. The Balaban J connectivity index is 1.50. The number of fused-ring (bicyclic) bond motifs is 3. The first-order valence-corrected chi connectivity index (χ1v) is 14.1. The van der Waals surface area contributed by atoms with Crippen molar-refractivity contribution in [1.29, 1.82) is 0 Å². The van der Waals surface area contributed by atoms with Crippen molar-refractivity contribution >= 4 is 23.7 Å². The monoisotopic (exact) mass is 581 g/mol. The number of nitrogens with one attached hydrogen (secondary N) is 1. The number of rotatable bonds is 9. The molecule has 1 aliphatic carbocycles. The maximum absolute atomic E-state index is 12.7. The molecule has 0 aromatic heterocycles. The van der Waals surface area contributed by atoms with Gasteiger partial charge in [-0.3, -0.25) is 19.2 Å². The number of hydrogen-bond acceptors (Lipinski definition) is 8. The van der Waals surface area contributed by atoms with E-state index in [4.69, 9.17) is 18.9 Å². The van der Waals surface area contributed by atoms with E-state index < -0.39 is 5.97 Å². The molecule has 2 aromatic rings. The van der Waals surface area contributed by atoms with Crippen LogP contribution in [0, 0.1) is 0 Å². The summed E-state index contributed by atoms with van der Waals surface area (Å²) in [6.45, 7) is 5.05. The van der Waals surface area contributed by atoms with Crippen LogP contribution in [0.25, 0.3) is 11.1 Å². The van der Waals surface area contributed by atoms with Crippen molar-refractivity contribution in [2.75, 3.05) is 47.5 Å². The molecule has 1 atom stereocenters. The van der Waals surface area contributed by atoms with Crippen LogP contribution in [0.1, 0.15) is 56.7 Å². The van der Waals surface area contributed by atoms with Crippen molar-refractivity contribution in [2.45, 2.75) is 52.0 Å². The van der Waals surface area contributed by atoms with E-state index in [1.54, 1.807) is 43.3 Å². The SMILES string of the molecule is COc1cc2c(c(OC)c1OC)-c1ccc(OC(=O)CCCC(=O)N3CCN(C(C)=O)CC3)cc1[C@@H](NC(C)=O)CC2. The third-order valence-electron chi connectivity index (χ3n) is 7.74. The molecule has 1 N–H and O–H groups in total. The molecule has 0 radical (unpaired) electrons. The molecule has 3 amide bonds. The van der Waals surface area contributed by atoms with Gasteiger partial charge in [-0.15, -0.1) is 0 Å². The second-order valence-corrected chi connectivity index (χ2v) is 10.4. The zero-order valence-electron chi connectivity index (χ0n) is 24.9. The number of nitrogens with zero attached hydrogens (tertiary/aromatic N) is 2. The van der Waals surface area contributed by atoms with Gasteiger partial charge in [-0.2, -0.15) is 0 Å². The summed E-state index contributed by atoms with van der Waals surface area (Å²) in [4.78, 5) is 52.4. The van der Waals surface area contributed by atoms with Crippen LogP contribution in [-0.4, -0.2) is 81.0 Å². The number of esters is 1. The number of methoxy groups -OCH3 is 3. The van der Waals surface area contributed by atoms with E-state index in [1.807, 2.05) is 12.1 Å². The topological polar surface area (TPSA) is 124 Å². The third kappa shape index (κ3) is 6.78. The normalized spacial score (nSPS) is 16.0. The molecule has 0 bridgehead atoms. The smallest absolute Gasteiger partial charge is 0.311 e. The molecule has 0 saturated carbocycles. The Kier molecular flexibility index (Phi) is 9.92. The van der Waals surface area contributed by atoms with Crippen LogP contribution in [-0.2, 0) is 25.6 Å². The van der Waals surface area contributed by atoms with Gasteiger partial charge < -0.3 is 34.1 Å². The molecular weight excluding hydrogens is 542 g/mol. The van der Waals surface area contributed by atoms with E-state index in [0.717, 1.165) is 22.3 Å². The fourth-order valence-electron chi connectivity index (χ4n) is 5.67. The van der Waals surface area contributed by atoms with Gasteiger partial charge in [-0.25, -0.2) is 0 Å². The lowest BCUT2D eigenvalue weighted by Gasteiger charge is -2.34. The van der Waals surface area contributed by atoms with Crippen molar-refractivity contribution < 1.29 is 38.1 Å². The molecule has 0 unspecified atom stereocenters. The summed E-state index contributed by atoms with van der Waals surface area (Å²) in [5.74, 6) is 1.25. The molecular formula is C31H39N3O8. The highest BCUT2D eigenvalue weighted by Crippen LogP contribution is 2.50. The minimum Gasteiger partial charge on any atom is -0.493 e. The van der Waals surface area contributed by atoms with Crippen LogP contribution in [0.4, 0.5) is 0 Å². The Hall–Kier alpha value is -4.28.